The number of anilines is 1. The largest absolute Gasteiger partial charge is 0.618 e. The Morgan fingerprint density at radius 3 is 2.74 bits per heavy atom. The lowest BCUT2D eigenvalue weighted by molar-refractivity contribution is -0.614. The fourth-order valence-corrected chi connectivity index (χ4v) is 5.02. The molecule has 1 saturated heterocycles. The van der Waals surface area contributed by atoms with Gasteiger partial charge in [-0.25, -0.2) is 0 Å². The summed E-state index contributed by atoms with van der Waals surface area (Å²) in [5.74, 6) is 0.254. The van der Waals surface area contributed by atoms with Gasteiger partial charge in [-0.1, -0.05) is 0 Å². The molecule has 0 bridgehead atoms. The molecule has 9 nitrogen and oxygen atoms in total. The van der Waals surface area contributed by atoms with Crippen LogP contribution < -0.4 is 14.8 Å². The van der Waals surface area contributed by atoms with E-state index >= 15 is 0 Å². The molecule has 1 aliphatic heterocycles. The third-order valence-electron chi connectivity index (χ3n) is 7.31. The molecule has 35 heavy (non-hydrogen) atoms. The highest BCUT2D eigenvalue weighted by molar-refractivity contribution is 6.04. The lowest BCUT2D eigenvalue weighted by Gasteiger charge is -2.35. The van der Waals surface area contributed by atoms with Crippen molar-refractivity contribution < 1.29 is 23.7 Å². The summed E-state index contributed by atoms with van der Waals surface area (Å²) >= 11 is 0. The molecular weight excluding hydrogens is 448 g/mol. The normalized spacial score (nSPS) is 19.9. The number of fused-ring (bicyclic) bond motifs is 1. The quantitative estimate of drug-likeness (QED) is 0.426. The minimum absolute atomic E-state index is 0.0430. The van der Waals surface area contributed by atoms with Gasteiger partial charge in [0.2, 0.25) is 0 Å². The molecule has 1 aromatic carbocycles. The van der Waals surface area contributed by atoms with Gasteiger partial charge in [0.1, 0.15) is 5.75 Å². The maximum Gasteiger partial charge on any atom is 0.321 e. The minimum atomic E-state index is -0.471. The SMILES string of the molecule is Cc1cccc(C(=O)Nc2cc3cn(C4CCC5(CC4)OCCO5)nc3cc2OCC2CC2)[n+]1[O-]. The van der Waals surface area contributed by atoms with Crippen LogP contribution in [0.5, 0.6) is 5.75 Å². The molecule has 184 valence electrons. The zero-order valence-corrected chi connectivity index (χ0v) is 19.9. The third kappa shape index (κ3) is 4.46. The molecule has 3 aromatic rings. The van der Waals surface area contributed by atoms with Crippen molar-refractivity contribution in [1.29, 1.82) is 0 Å². The fourth-order valence-electron chi connectivity index (χ4n) is 5.02. The Bertz CT molecular complexity index is 1250. The van der Waals surface area contributed by atoms with E-state index in [0.29, 0.717) is 47.6 Å². The number of pyridine rings is 1. The Kier molecular flexibility index (Phi) is 5.61. The van der Waals surface area contributed by atoms with Gasteiger partial charge >= 0.3 is 5.91 Å². The van der Waals surface area contributed by atoms with E-state index in [4.69, 9.17) is 19.3 Å². The van der Waals surface area contributed by atoms with Crippen molar-refractivity contribution in [3.05, 3.63) is 53.1 Å². The maximum absolute atomic E-state index is 13.0. The van der Waals surface area contributed by atoms with Crippen LogP contribution >= 0.6 is 0 Å². The van der Waals surface area contributed by atoms with Gasteiger partial charge in [-0.05, 0) is 43.7 Å². The van der Waals surface area contributed by atoms with Gasteiger partial charge in [-0.2, -0.15) is 9.83 Å². The van der Waals surface area contributed by atoms with E-state index in [0.717, 1.165) is 49.4 Å². The van der Waals surface area contributed by atoms with Crippen LogP contribution in [0.3, 0.4) is 0 Å². The van der Waals surface area contributed by atoms with Crippen LogP contribution in [-0.2, 0) is 9.47 Å². The number of hydrogen-bond acceptors (Lipinski definition) is 6. The molecule has 3 fully saturated rings. The van der Waals surface area contributed by atoms with Crippen LogP contribution in [0.25, 0.3) is 10.9 Å². The fraction of sp³-hybridized carbons (Fsp3) is 0.500. The van der Waals surface area contributed by atoms with Crippen molar-refractivity contribution in [3.63, 3.8) is 0 Å². The summed E-state index contributed by atoms with van der Waals surface area (Å²) in [6.45, 7) is 3.62. The lowest BCUT2D eigenvalue weighted by Crippen LogP contribution is -2.39. The van der Waals surface area contributed by atoms with E-state index in [9.17, 15) is 10.0 Å². The number of nitrogens with one attached hydrogen (secondary N) is 1. The van der Waals surface area contributed by atoms with Crippen molar-refractivity contribution in [2.24, 2.45) is 5.92 Å². The van der Waals surface area contributed by atoms with Crippen molar-refractivity contribution in [3.8, 4) is 5.75 Å². The predicted octanol–water partition coefficient (Wildman–Crippen LogP) is 3.88. The smallest absolute Gasteiger partial charge is 0.321 e. The van der Waals surface area contributed by atoms with Gasteiger partial charge in [-0.15, -0.1) is 0 Å². The second kappa shape index (κ2) is 8.80. The average Bonchev–Trinajstić information content (AvgIpc) is 3.43. The van der Waals surface area contributed by atoms with Crippen LogP contribution in [0.2, 0.25) is 0 Å². The number of rotatable bonds is 6. The van der Waals surface area contributed by atoms with E-state index in [2.05, 4.69) is 5.32 Å². The summed E-state index contributed by atoms with van der Waals surface area (Å²) in [5, 5.41) is 21.0. The summed E-state index contributed by atoms with van der Waals surface area (Å²) in [4.78, 5) is 13.0. The van der Waals surface area contributed by atoms with Crippen molar-refractivity contribution in [1.82, 2.24) is 9.78 Å². The topological polar surface area (TPSA) is 102 Å². The lowest BCUT2D eigenvalue weighted by atomic mass is 9.90. The molecule has 2 saturated carbocycles. The van der Waals surface area contributed by atoms with E-state index in [1.807, 2.05) is 23.0 Å². The molecule has 3 aliphatic rings. The van der Waals surface area contributed by atoms with Crippen molar-refractivity contribution in [2.75, 3.05) is 25.1 Å². The van der Waals surface area contributed by atoms with Gasteiger partial charge in [0.15, 0.2) is 11.5 Å². The van der Waals surface area contributed by atoms with Gasteiger partial charge in [0, 0.05) is 49.5 Å². The van der Waals surface area contributed by atoms with Gasteiger partial charge in [0.05, 0.1) is 37.1 Å². The van der Waals surface area contributed by atoms with Crippen LogP contribution in [0.15, 0.2) is 36.5 Å². The van der Waals surface area contributed by atoms with Crippen LogP contribution in [-0.4, -0.2) is 41.3 Å². The first-order chi connectivity index (χ1) is 17.0. The molecule has 1 spiro atoms. The van der Waals surface area contributed by atoms with Crippen LogP contribution in [0, 0.1) is 18.0 Å². The molecule has 1 N–H and O–H groups in total. The van der Waals surface area contributed by atoms with E-state index < -0.39 is 11.7 Å². The summed E-state index contributed by atoms with van der Waals surface area (Å²) in [6.07, 6.45) is 7.92. The highest BCUT2D eigenvalue weighted by atomic mass is 16.7. The van der Waals surface area contributed by atoms with Gasteiger partial charge in [0.25, 0.3) is 5.69 Å². The number of aromatic nitrogens is 3. The van der Waals surface area contributed by atoms with E-state index in [-0.39, 0.29) is 11.7 Å². The van der Waals surface area contributed by atoms with Gasteiger partial charge < -0.3 is 24.7 Å². The maximum atomic E-state index is 13.0. The molecule has 0 unspecified atom stereocenters. The van der Waals surface area contributed by atoms with Crippen molar-refractivity contribution >= 4 is 22.5 Å². The number of aryl methyl sites for hydroxylation is 1. The van der Waals surface area contributed by atoms with Gasteiger partial charge in [-0.3, -0.25) is 9.48 Å². The Hall–Kier alpha value is -3.17. The first kappa shape index (κ1) is 22.3. The number of benzene rings is 1. The highest BCUT2D eigenvalue weighted by Crippen LogP contribution is 2.41. The highest BCUT2D eigenvalue weighted by Gasteiger charge is 2.41. The Morgan fingerprint density at radius 2 is 2.00 bits per heavy atom. The number of nitrogens with zero attached hydrogens (tertiary/aromatic N) is 3. The number of carbonyl (C=O) groups is 1. The predicted molar refractivity (Wildman–Crippen MR) is 128 cm³/mol. The second-order valence-electron chi connectivity index (χ2n) is 9.91. The standard InChI is InChI=1S/C26H30N4O5/c1-17-3-2-4-23(30(17)32)25(31)27-22-13-19-15-29(20-7-9-26(10-8-20)34-11-12-35-26)28-21(19)14-24(22)33-16-18-5-6-18/h2-4,13-15,18,20H,5-12,16H2,1H3,(H,27,31). The minimum Gasteiger partial charge on any atom is -0.618 e. The Morgan fingerprint density at radius 1 is 1.23 bits per heavy atom. The number of hydrogen-bond donors (Lipinski definition) is 1. The monoisotopic (exact) mass is 478 g/mol. The molecule has 1 amide bonds. The molecule has 0 atom stereocenters. The zero-order chi connectivity index (χ0) is 24.0. The molecular formula is C26H30N4O5. The third-order valence-corrected chi connectivity index (χ3v) is 7.31. The molecule has 0 radical (unpaired) electrons. The summed E-state index contributed by atoms with van der Waals surface area (Å²) in [6, 6.07) is 8.93. The number of amides is 1. The molecule has 2 aromatic heterocycles. The van der Waals surface area contributed by atoms with Crippen LogP contribution in [0.1, 0.15) is 60.7 Å². The molecule has 2 aliphatic carbocycles. The summed E-state index contributed by atoms with van der Waals surface area (Å²) in [7, 11) is 0. The Balaban J connectivity index is 1.27. The Labute approximate surface area is 203 Å². The van der Waals surface area contributed by atoms with Crippen molar-refractivity contribution in [2.45, 2.75) is 57.3 Å². The zero-order valence-electron chi connectivity index (χ0n) is 19.9. The van der Waals surface area contributed by atoms with E-state index in [1.54, 1.807) is 19.1 Å². The van der Waals surface area contributed by atoms with Crippen LogP contribution in [0.4, 0.5) is 5.69 Å². The molecule has 3 heterocycles. The number of carbonyl (C=O) groups excluding carboxylic acids is 1. The summed E-state index contributed by atoms with van der Waals surface area (Å²) in [5.41, 5.74) is 1.86. The molecule has 9 heteroatoms. The summed E-state index contributed by atoms with van der Waals surface area (Å²) < 4.78 is 20.5. The molecule has 6 rings (SSSR count). The first-order valence-corrected chi connectivity index (χ1v) is 12.4. The van der Waals surface area contributed by atoms with E-state index in [1.165, 1.54) is 6.07 Å². The number of ether oxygens (including phenoxy) is 3. The average molecular weight is 479 g/mol. The first-order valence-electron chi connectivity index (χ1n) is 12.4. The second-order valence-corrected chi connectivity index (χ2v) is 9.91.